The minimum Gasteiger partial charge on any atom is -0.459 e. The summed E-state index contributed by atoms with van der Waals surface area (Å²) in [6, 6.07) is 8.75. The normalized spacial score (nSPS) is 25.2. The Morgan fingerprint density at radius 2 is 2.03 bits per heavy atom. The summed E-state index contributed by atoms with van der Waals surface area (Å²) in [5.74, 6) is -0.727. The van der Waals surface area contributed by atoms with Gasteiger partial charge in [0.1, 0.15) is 23.8 Å². The van der Waals surface area contributed by atoms with Gasteiger partial charge in [-0.1, -0.05) is 50.6 Å². The first-order chi connectivity index (χ1) is 14.6. The van der Waals surface area contributed by atoms with Crippen molar-refractivity contribution in [3.8, 4) is 0 Å². The summed E-state index contributed by atoms with van der Waals surface area (Å²) < 4.78 is 5.32. The molecule has 2 atom stereocenters. The van der Waals surface area contributed by atoms with Crippen molar-refractivity contribution in [2.24, 2.45) is 11.3 Å². The van der Waals surface area contributed by atoms with Gasteiger partial charge < -0.3 is 10.1 Å². The Morgan fingerprint density at radius 1 is 1.29 bits per heavy atom. The molecule has 2 heterocycles. The molecule has 1 aliphatic carbocycles. The van der Waals surface area contributed by atoms with Crippen LogP contribution in [0.15, 0.2) is 30.3 Å². The van der Waals surface area contributed by atoms with Gasteiger partial charge in [0.05, 0.1) is 5.52 Å². The largest absolute Gasteiger partial charge is 0.459 e. The number of hydrogen-bond donors (Lipinski definition) is 1. The van der Waals surface area contributed by atoms with Crippen LogP contribution in [0.2, 0.25) is 5.15 Å². The molecule has 1 aliphatic heterocycles. The predicted octanol–water partition coefficient (Wildman–Crippen LogP) is 4.07. The molecule has 2 aromatic rings. The van der Waals surface area contributed by atoms with Crippen LogP contribution in [0.4, 0.5) is 4.79 Å². The minimum atomic E-state index is -0.940. The second kappa shape index (κ2) is 7.79. The van der Waals surface area contributed by atoms with Crippen LogP contribution in [0.25, 0.3) is 10.9 Å². The minimum absolute atomic E-state index is 0.0725. The molecule has 1 spiro atoms. The lowest BCUT2D eigenvalue weighted by Gasteiger charge is -2.43. The molecular weight excluding hydrogens is 418 g/mol. The fraction of sp³-hybridized carbons (Fsp3) is 0.478. The number of urea groups is 1. The summed E-state index contributed by atoms with van der Waals surface area (Å²) in [4.78, 5) is 43.4. The van der Waals surface area contributed by atoms with E-state index in [4.69, 9.17) is 16.3 Å². The molecule has 0 radical (unpaired) electrons. The van der Waals surface area contributed by atoms with Crippen LogP contribution in [0.3, 0.4) is 0 Å². The lowest BCUT2D eigenvalue weighted by molar-refractivity contribution is -0.149. The summed E-state index contributed by atoms with van der Waals surface area (Å²) in [7, 11) is 0. The number of rotatable bonds is 4. The molecule has 1 saturated heterocycles. The Hall–Kier alpha value is -2.67. The molecular formula is C23H26ClN3O4. The lowest BCUT2D eigenvalue weighted by atomic mass is 9.64. The molecule has 1 saturated carbocycles. The molecule has 164 valence electrons. The predicted molar refractivity (Wildman–Crippen MR) is 116 cm³/mol. The van der Waals surface area contributed by atoms with E-state index in [9.17, 15) is 14.4 Å². The molecule has 1 aromatic heterocycles. The second-order valence-corrected chi connectivity index (χ2v) is 9.91. The highest BCUT2D eigenvalue weighted by Crippen LogP contribution is 2.46. The monoisotopic (exact) mass is 443 g/mol. The third-order valence-corrected chi connectivity index (χ3v) is 6.38. The maximum Gasteiger partial charge on any atom is 0.326 e. The summed E-state index contributed by atoms with van der Waals surface area (Å²) in [5.41, 5.74) is 0.295. The number of pyridine rings is 1. The van der Waals surface area contributed by atoms with Crippen LogP contribution in [0.1, 0.15) is 45.6 Å². The first kappa shape index (κ1) is 21.6. The van der Waals surface area contributed by atoms with Crippen molar-refractivity contribution in [3.63, 3.8) is 0 Å². The van der Waals surface area contributed by atoms with E-state index >= 15 is 0 Å². The van der Waals surface area contributed by atoms with Crippen LogP contribution < -0.4 is 5.32 Å². The molecule has 8 heteroatoms. The Labute approximate surface area is 186 Å². The quantitative estimate of drug-likeness (QED) is 0.437. The van der Waals surface area contributed by atoms with E-state index in [-0.39, 0.29) is 23.1 Å². The molecule has 0 bridgehead atoms. The van der Waals surface area contributed by atoms with Crippen molar-refractivity contribution >= 4 is 40.4 Å². The van der Waals surface area contributed by atoms with Gasteiger partial charge in [-0.2, -0.15) is 0 Å². The Kier molecular flexibility index (Phi) is 5.41. The number of nitrogens with zero attached hydrogens (tertiary/aromatic N) is 2. The van der Waals surface area contributed by atoms with Crippen LogP contribution in [0.5, 0.6) is 0 Å². The zero-order valence-corrected chi connectivity index (χ0v) is 18.7. The highest BCUT2D eigenvalue weighted by molar-refractivity contribution is 6.30. The van der Waals surface area contributed by atoms with Gasteiger partial charge in [-0.05, 0) is 42.7 Å². The Balaban J connectivity index is 1.43. The van der Waals surface area contributed by atoms with Crippen molar-refractivity contribution in [2.75, 3.05) is 6.54 Å². The number of nitrogens with one attached hydrogen (secondary N) is 1. The van der Waals surface area contributed by atoms with Gasteiger partial charge in [0.25, 0.3) is 5.91 Å². The summed E-state index contributed by atoms with van der Waals surface area (Å²) in [5, 5.41) is 3.99. The number of amides is 3. The number of imide groups is 1. The van der Waals surface area contributed by atoms with Gasteiger partial charge in [-0.15, -0.1) is 0 Å². The number of hydrogen-bond acceptors (Lipinski definition) is 5. The SMILES string of the molecule is C[C@@H]1CC(C)(C)C[C@@]2(C1)NC(=O)N(CC(=O)OCc1cc3ccccc3nc1Cl)C2=O. The van der Waals surface area contributed by atoms with Crippen molar-refractivity contribution < 1.29 is 19.1 Å². The number of para-hydroxylation sites is 1. The molecule has 1 aromatic carbocycles. The fourth-order valence-electron chi connectivity index (χ4n) is 5.22. The number of carbonyl (C=O) groups is 3. The third kappa shape index (κ3) is 4.24. The average molecular weight is 444 g/mol. The molecule has 2 aliphatic rings. The zero-order chi connectivity index (χ0) is 22.4. The van der Waals surface area contributed by atoms with E-state index in [2.05, 4.69) is 31.1 Å². The lowest BCUT2D eigenvalue weighted by Crippen LogP contribution is -2.54. The third-order valence-electron chi connectivity index (χ3n) is 6.05. The van der Waals surface area contributed by atoms with Gasteiger partial charge in [0.15, 0.2) is 0 Å². The number of carbonyl (C=O) groups excluding carboxylic acids is 3. The van der Waals surface area contributed by atoms with Crippen LogP contribution in [0, 0.1) is 11.3 Å². The highest BCUT2D eigenvalue weighted by Gasteiger charge is 2.56. The smallest absolute Gasteiger partial charge is 0.326 e. The van der Waals surface area contributed by atoms with Crippen molar-refractivity contribution in [1.29, 1.82) is 0 Å². The van der Waals surface area contributed by atoms with Crippen LogP contribution >= 0.6 is 11.6 Å². The van der Waals surface area contributed by atoms with Gasteiger partial charge in [-0.3, -0.25) is 14.5 Å². The fourth-order valence-corrected chi connectivity index (χ4v) is 5.42. The van der Waals surface area contributed by atoms with E-state index in [0.29, 0.717) is 24.3 Å². The number of benzene rings is 1. The number of ether oxygens (including phenoxy) is 1. The zero-order valence-electron chi connectivity index (χ0n) is 17.9. The number of halogens is 1. The molecule has 2 fully saturated rings. The Bertz CT molecular complexity index is 1070. The first-order valence-electron chi connectivity index (χ1n) is 10.4. The molecule has 1 N–H and O–H groups in total. The van der Waals surface area contributed by atoms with Crippen LogP contribution in [-0.4, -0.2) is 39.9 Å². The van der Waals surface area contributed by atoms with E-state index in [1.807, 2.05) is 30.3 Å². The first-order valence-corrected chi connectivity index (χ1v) is 10.8. The number of esters is 1. The average Bonchev–Trinajstić information content (AvgIpc) is 2.88. The highest BCUT2D eigenvalue weighted by atomic mass is 35.5. The van der Waals surface area contributed by atoms with Gasteiger partial charge in [0, 0.05) is 10.9 Å². The van der Waals surface area contributed by atoms with E-state index in [1.165, 1.54) is 0 Å². The standard InChI is InChI=1S/C23H26ClN3O4/c1-14-9-22(2,3)13-23(10-14)20(29)27(21(30)26-23)11-18(28)31-12-16-8-15-6-4-5-7-17(15)25-19(16)24/h4-8,14H,9-13H2,1-3H3,(H,26,30)/t14-,23-/m1/s1. The summed E-state index contributed by atoms with van der Waals surface area (Å²) >= 11 is 6.21. The van der Waals surface area contributed by atoms with Gasteiger partial charge in [-0.25, -0.2) is 9.78 Å². The van der Waals surface area contributed by atoms with Crippen molar-refractivity contribution in [3.05, 3.63) is 41.0 Å². The maximum absolute atomic E-state index is 13.1. The molecule has 7 nitrogen and oxygen atoms in total. The van der Waals surface area contributed by atoms with E-state index in [1.54, 1.807) is 0 Å². The number of aromatic nitrogens is 1. The second-order valence-electron chi connectivity index (χ2n) is 9.55. The van der Waals surface area contributed by atoms with Gasteiger partial charge in [0.2, 0.25) is 0 Å². The molecule has 0 unspecified atom stereocenters. The van der Waals surface area contributed by atoms with E-state index in [0.717, 1.165) is 22.2 Å². The molecule has 4 rings (SSSR count). The maximum atomic E-state index is 13.1. The molecule has 3 amide bonds. The summed E-state index contributed by atoms with van der Waals surface area (Å²) in [6.07, 6.45) is 2.12. The van der Waals surface area contributed by atoms with E-state index < -0.39 is 24.1 Å². The summed E-state index contributed by atoms with van der Waals surface area (Å²) in [6.45, 7) is 5.76. The van der Waals surface area contributed by atoms with Gasteiger partial charge >= 0.3 is 12.0 Å². The van der Waals surface area contributed by atoms with Crippen molar-refractivity contribution in [2.45, 2.75) is 52.2 Å². The Morgan fingerprint density at radius 3 is 2.77 bits per heavy atom. The topological polar surface area (TPSA) is 88.6 Å². The number of fused-ring (bicyclic) bond motifs is 1. The van der Waals surface area contributed by atoms with Crippen LogP contribution in [-0.2, 0) is 20.9 Å². The van der Waals surface area contributed by atoms with Crippen molar-refractivity contribution in [1.82, 2.24) is 15.2 Å². The molecule has 31 heavy (non-hydrogen) atoms.